The van der Waals surface area contributed by atoms with Crippen molar-refractivity contribution in [1.29, 1.82) is 0 Å². The smallest absolute Gasteiger partial charge is 0.306 e. The van der Waals surface area contributed by atoms with Crippen LogP contribution in [0, 0.1) is 11.8 Å². The second kappa shape index (κ2) is 44.4. The van der Waals surface area contributed by atoms with Crippen LogP contribution >= 0.6 is 0 Å². The largest absolute Gasteiger partial charge is 0.465 e. The number of nitrogens with zero attached hydrogens (tertiary/aromatic N) is 1. The van der Waals surface area contributed by atoms with Crippen molar-refractivity contribution in [1.82, 2.24) is 4.90 Å². The van der Waals surface area contributed by atoms with Crippen LogP contribution < -0.4 is 0 Å². The molecule has 0 aromatic heterocycles. The zero-order valence-corrected chi connectivity index (χ0v) is 39.5. The van der Waals surface area contributed by atoms with Gasteiger partial charge in [-0.2, -0.15) is 0 Å². The van der Waals surface area contributed by atoms with E-state index < -0.39 is 0 Å². The van der Waals surface area contributed by atoms with Gasteiger partial charge in [0.1, 0.15) is 6.10 Å². The molecule has 0 aliphatic heterocycles. The summed E-state index contributed by atoms with van der Waals surface area (Å²) in [5.74, 6) is 1.27. The minimum Gasteiger partial charge on any atom is -0.465 e. The Morgan fingerprint density at radius 3 is 1.21 bits per heavy atom. The van der Waals surface area contributed by atoms with Crippen molar-refractivity contribution in [3.63, 3.8) is 0 Å². The summed E-state index contributed by atoms with van der Waals surface area (Å²) in [4.78, 5) is 27.1. The second-order valence-corrected chi connectivity index (χ2v) is 17.5. The van der Waals surface area contributed by atoms with Crippen LogP contribution in [-0.2, 0) is 23.8 Å². The maximum absolute atomic E-state index is 12.8. The summed E-state index contributed by atoms with van der Waals surface area (Å²) in [5.41, 5.74) is 0. The molecule has 6 nitrogen and oxygen atoms in total. The molecule has 0 heterocycles. The minimum absolute atomic E-state index is 0.0107. The Labute approximate surface area is 356 Å². The van der Waals surface area contributed by atoms with Crippen LogP contribution in [0.1, 0.15) is 260 Å². The number of ether oxygens (including phenoxy) is 3. The molecule has 0 radical (unpaired) electrons. The maximum Gasteiger partial charge on any atom is 0.306 e. The Bertz CT molecular complexity index is 824. The molecule has 0 aliphatic carbocycles. The second-order valence-electron chi connectivity index (χ2n) is 17.5. The molecule has 0 spiro atoms. The van der Waals surface area contributed by atoms with E-state index in [2.05, 4.69) is 46.4 Å². The molecule has 57 heavy (non-hydrogen) atoms. The van der Waals surface area contributed by atoms with Crippen LogP contribution in [0.2, 0.25) is 0 Å². The van der Waals surface area contributed by atoms with Gasteiger partial charge in [-0.3, -0.25) is 9.59 Å². The van der Waals surface area contributed by atoms with Gasteiger partial charge in [0, 0.05) is 26.1 Å². The lowest BCUT2D eigenvalue weighted by Crippen LogP contribution is -2.25. The molecule has 0 N–H and O–H groups in total. The molecule has 1 unspecified atom stereocenters. The SMILES string of the molecule is CCC(CC)COCCCCCCCCCCCCCCCC(CCCCCCCCCCCCCCC(=O)OCC(CC)CC)OC(=O)CCCN(CC)CC. The fourth-order valence-electron chi connectivity index (χ4n) is 8.01. The molecular weight excluding hydrogens is 707 g/mol. The fraction of sp³-hybridized carbons (Fsp3) is 0.961. The first-order valence-corrected chi connectivity index (χ1v) is 25.6. The number of carbonyl (C=O) groups is 2. The van der Waals surface area contributed by atoms with Crippen LogP contribution in [0.4, 0.5) is 0 Å². The third-order valence-electron chi connectivity index (χ3n) is 12.7. The van der Waals surface area contributed by atoms with E-state index in [1.54, 1.807) is 0 Å². The lowest BCUT2D eigenvalue weighted by atomic mass is 10.0. The third-order valence-corrected chi connectivity index (χ3v) is 12.7. The number of hydrogen-bond donors (Lipinski definition) is 0. The molecule has 0 aromatic carbocycles. The van der Waals surface area contributed by atoms with Crippen LogP contribution in [0.15, 0.2) is 0 Å². The van der Waals surface area contributed by atoms with Crippen molar-refractivity contribution in [3.05, 3.63) is 0 Å². The first kappa shape index (κ1) is 55.9. The van der Waals surface area contributed by atoms with Gasteiger partial charge in [0.15, 0.2) is 0 Å². The zero-order chi connectivity index (χ0) is 41.9. The van der Waals surface area contributed by atoms with E-state index in [1.807, 2.05) is 0 Å². The van der Waals surface area contributed by atoms with Crippen molar-refractivity contribution >= 4 is 11.9 Å². The van der Waals surface area contributed by atoms with Crippen molar-refractivity contribution in [2.24, 2.45) is 11.8 Å². The molecule has 0 aromatic rings. The Balaban J connectivity index is 3.99. The van der Waals surface area contributed by atoms with E-state index in [9.17, 15) is 9.59 Å². The number of rotatable bonds is 46. The summed E-state index contributed by atoms with van der Waals surface area (Å²) in [7, 11) is 0. The predicted molar refractivity (Wildman–Crippen MR) is 246 cm³/mol. The summed E-state index contributed by atoms with van der Waals surface area (Å²) in [6.07, 6.45) is 41.2. The van der Waals surface area contributed by atoms with E-state index in [1.165, 1.54) is 161 Å². The molecular formula is C51H101NO5. The molecule has 0 bridgehead atoms. The van der Waals surface area contributed by atoms with Crippen LogP contribution in [0.3, 0.4) is 0 Å². The molecule has 1 atom stereocenters. The van der Waals surface area contributed by atoms with Crippen LogP contribution in [0.25, 0.3) is 0 Å². The van der Waals surface area contributed by atoms with Crippen molar-refractivity contribution in [2.75, 3.05) is 39.5 Å². The molecule has 340 valence electrons. The monoisotopic (exact) mass is 808 g/mol. The summed E-state index contributed by atoms with van der Waals surface area (Å²) < 4.78 is 17.4. The maximum atomic E-state index is 12.8. The summed E-state index contributed by atoms with van der Waals surface area (Å²) in [6.45, 7) is 18.8. The standard InChI is InChI=1S/C51H101NO5/c1-7-47(8-2)45-55-44-37-33-29-25-21-17-13-14-18-22-26-30-34-39-49(57-51(54)42-38-43-52(11-5)12-6)40-35-31-27-23-19-15-16-20-24-28-32-36-41-50(53)56-46-48(9-3)10-4/h47-49H,7-46H2,1-6H3. The van der Waals surface area contributed by atoms with Gasteiger partial charge >= 0.3 is 11.9 Å². The van der Waals surface area contributed by atoms with Gasteiger partial charge in [-0.05, 0) is 76.4 Å². The zero-order valence-electron chi connectivity index (χ0n) is 39.5. The predicted octanol–water partition coefficient (Wildman–Crippen LogP) is 15.4. The van der Waals surface area contributed by atoms with E-state index >= 15 is 0 Å². The summed E-state index contributed by atoms with van der Waals surface area (Å²) >= 11 is 0. The van der Waals surface area contributed by atoms with Gasteiger partial charge in [0.2, 0.25) is 0 Å². The Kier molecular flexibility index (Phi) is 43.5. The van der Waals surface area contributed by atoms with Gasteiger partial charge in [-0.1, -0.05) is 202 Å². The summed E-state index contributed by atoms with van der Waals surface area (Å²) in [6, 6.07) is 0. The summed E-state index contributed by atoms with van der Waals surface area (Å²) in [5, 5.41) is 0. The van der Waals surface area contributed by atoms with Crippen molar-refractivity contribution in [3.8, 4) is 0 Å². The van der Waals surface area contributed by atoms with Gasteiger partial charge < -0.3 is 19.1 Å². The first-order chi connectivity index (χ1) is 27.9. The number of unbranched alkanes of at least 4 members (excludes halogenated alkanes) is 23. The highest BCUT2D eigenvalue weighted by molar-refractivity contribution is 5.69. The fourth-order valence-corrected chi connectivity index (χ4v) is 8.01. The highest BCUT2D eigenvalue weighted by atomic mass is 16.5. The van der Waals surface area contributed by atoms with Gasteiger partial charge in [0.25, 0.3) is 0 Å². The van der Waals surface area contributed by atoms with Crippen molar-refractivity contribution in [2.45, 2.75) is 266 Å². The number of carbonyl (C=O) groups excluding carboxylic acids is 2. The van der Waals surface area contributed by atoms with Crippen LogP contribution in [0.5, 0.6) is 0 Å². The minimum atomic E-state index is -0.0107. The third kappa shape index (κ3) is 38.8. The van der Waals surface area contributed by atoms with E-state index in [4.69, 9.17) is 14.2 Å². The Hall–Kier alpha value is -1.14. The normalized spacial score (nSPS) is 12.3. The molecule has 6 heteroatoms. The van der Waals surface area contributed by atoms with Gasteiger partial charge in [-0.25, -0.2) is 0 Å². The Morgan fingerprint density at radius 2 is 0.789 bits per heavy atom. The van der Waals surface area contributed by atoms with E-state index in [0.717, 1.165) is 83.7 Å². The first-order valence-electron chi connectivity index (χ1n) is 25.6. The lowest BCUT2D eigenvalue weighted by Gasteiger charge is -2.20. The topological polar surface area (TPSA) is 65.1 Å². The van der Waals surface area contributed by atoms with Gasteiger partial charge in [0.05, 0.1) is 6.61 Å². The average Bonchev–Trinajstić information content (AvgIpc) is 3.22. The Morgan fingerprint density at radius 1 is 0.421 bits per heavy atom. The lowest BCUT2D eigenvalue weighted by molar-refractivity contribution is -0.150. The highest BCUT2D eigenvalue weighted by Gasteiger charge is 2.15. The van der Waals surface area contributed by atoms with E-state index in [-0.39, 0.29) is 18.0 Å². The van der Waals surface area contributed by atoms with E-state index in [0.29, 0.717) is 25.4 Å². The molecule has 0 fully saturated rings. The molecule has 0 saturated carbocycles. The molecule has 0 aliphatic rings. The molecule has 0 saturated heterocycles. The average molecular weight is 808 g/mol. The molecule has 0 amide bonds. The van der Waals surface area contributed by atoms with Crippen LogP contribution in [-0.4, -0.2) is 62.4 Å². The van der Waals surface area contributed by atoms with Crippen molar-refractivity contribution < 1.29 is 23.8 Å². The highest BCUT2D eigenvalue weighted by Crippen LogP contribution is 2.20. The van der Waals surface area contributed by atoms with Gasteiger partial charge in [-0.15, -0.1) is 0 Å². The quantitative estimate of drug-likeness (QED) is 0.0451. The molecule has 0 rings (SSSR count). The number of esters is 2. The number of hydrogen-bond acceptors (Lipinski definition) is 6.